The van der Waals surface area contributed by atoms with Crippen molar-refractivity contribution in [1.29, 1.82) is 0 Å². The predicted molar refractivity (Wildman–Crippen MR) is 129 cm³/mol. The molecule has 0 radical (unpaired) electrons. The van der Waals surface area contributed by atoms with Crippen molar-refractivity contribution in [2.45, 2.75) is 30.6 Å². The van der Waals surface area contributed by atoms with E-state index in [4.69, 9.17) is 0 Å². The van der Waals surface area contributed by atoms with Crippen LogP contribution in [0.5, 0.6) is 0 Å². The minimum Gasteiger partial charge on any atom is -0.200 e. The zero-order chi connectivity index (χ0) is 24.1. The predicted octanol–water partition coefficient (Wildman–Crippen LogP) is 3.34. The van der Waals surface area contributed by atoms with Gasteiger partial charge in [-0.05, 0) is 45.0 Å². The van der Waals surface area contributed by atoms with E-state index in [-0.39, 0.29) is 21.2 Å². The first-order valence-corrected chi connectivity index (χ1v) is 12.9. The number of nitrogens with one attached hydrogen (secondary N) is 2. The van der Waals surface area contributed by atoms with Crippen LogP contribution >= 0.6 is 0 Å². The molecule has 0 unspecified atom stereocenters. The van der Waals surface area contributed by atoms with Crippen molar-refractivity contribution in [3.63, 3.8) is 0 Å². The standard InChI is InChI=1S/C23H24N4O4S2/c1-17-9-13-21(14-10-17)32(28,29)26-24-19(3)23(20-7-5-4-6-8-20)25-27-33(30,31)22-15-11-18(2)12-16-22/h4-16,26-27H,1-3H3/b24-19+,25-23+. The molecule has 8 nitrogen and oxygen atoms in total. The lowest BCUT2D eigenvalue weighted by Crippen LogP contribution is -2.26. The number of rotatable bonds is 8. The van der Waals surface area contributed by atoms with Gasteiger partial charge < -0.3 is 0 Å². The Kier molecular flexibility index (Phi) is 7.29. The summed E-state index contributed by atoms with van der Waals surface area (Å²) in [5.41, 5.74) is 2.74. The van der Waals surface area contributed by atoms with Gasteiger partial charge in [0, 0.05) is 5.56 Å². The van der Waals surface area contributed by atoms with Gasteiger partial charge in [0.1, 0.15) is 5.71 Å². The highest BCUT2D eigenvalue weighted by Gasteiger charge is 2.17. The summed E-state index contributed by atoms with van der Waals surface area (Å²) in [5.74, 6) is 0. The average molecular weight is 485 g/mol. The van der Waals surface area contributed by atoms with E-state index in [1.54, 1.807) is 54.6 Å². The van der Waals surface area contributed by atoms with Gasteiger partial charge in [0.25, 0.3) is 20.0 Å². The van der Waals surface area contributed by atoms with Crippen molar-refractivity contribution < 1.29 is 16.8 Å². The molecule has 0 spiro atoms. The van der Waals surface area contributed by atoms with E-state index in [0.29, 0.717) is 5.56 Å². The van der Waals surface area contributed by atoms with Crippen LogP contribution in [0.15, 0.2) is 98.9 Å². The Bertz CT molecular complexity index is 1380. The monoisotopic (exact) mass is 484 g/mol. The normalized spacial score (nSPS) is 12.9. The van der Waals surface area contributed by atoms with Gasteiger partial charge in [-0.1, -0.05) is 65.7 Å². The Labute approximate surface area is 194 Å². The number of benzene rings is 3. The molecular formula is C23H24N4O4S2. The summed E-state index contributed by atoms with van der Waals surface area (Å²) in [5, 5.41) is 8.03. The lowest BCUT2D eigenvalue weighted by Gasteiger charge is -2.10. The average Bonchev–Trinajstić information content (AvgIpc) is 2.79. The molecule has 0 bridgehead atoms. The summed E-state index contributed by atoms with van der Waals surface area (Å²) in [6, 6.07) is 21.4. The molecule has 0 aromatic heterocycles. The fourth-order valence-electron chi connectivity index (χ4n) is 2.78. The Morgan fingerprint density at radius 1 is 0.636 bits per heavy atom. The van der Waals surface area contributed by atoms with Crippen molar-refractivity contribution in [3.05, 3.63) is 95.6 Å². The second-order valence-corrected chi connectivity index (χ2v) is 10.7. The quantitative estimate of drug-likeness (QED) is 0.377. The van der Waals surface area contributed by atoms with Crippen LogP contribution in [-0.4, -0.2) is 28.3 Å². The number of sulfonamides is 2. The van der Waals surface area contributed by atoms with E-state index in [1.165, 1.54) is 31.2 Å². The number of nitrogens with zero attached hydrogens (tertiary/aromatic N) is 2. The smallest absolute Gasteiger partial charge is 0.200 e. The molecule has 33 heavy (non-hydrogen) atoms. The minimum atomic E-state index is -3.94. The van der Waals surface area contributed by atoms with Crippen molar-refractivity contribution in [2.75, 3.05) is 0 Å². The van der Waals surface area contributed by atoms with Crippen LogP contribution in [0.2, 0.25) is 0 Å². The summed E-state index contributed by atoms with van der Waals surface area (Å²) in [6.07, 6.45) is 0. The molecule has 0 aliphatic heterocycles. The zero-order valence-corrected chi connectivity index (χ0v) is 20.0. The summed E-state index contributed by atoms with van der Waals surface area (Å²) < 4.78 is 50.5. The highest BCUT2D eigenvalue weighted by atomic mass is 32.2. The van der Waals surface area contributed by atoms with E-state index in [0.717, 1.165) is 11.1 Å². The van der Waals surface area contributed by atoms with Crippen LogP contribution in [0.3, 0.4) is 0 Å². The molecule has 0 aliphatic rings. The van der Waals surface area contributed by atoms with Gasteiger partial charge in [-0.15, -0.1) is 0 Å². The van der Waals surface area contributed by atoms with Crippen molar-refractivity contribution >= 4 is 31.5 Å². The maximum absolute atomic E-state index is 12.7. The lowest BCUT2D eigenvalue weighted by atomic mass is 10.1. The third-order valence-electron chi connectivity index (χ3n) is 4.66. The van der Waals surface area contributed by atoms with Crippen LogP contribution in [0.1, 0.15) is 23.6 Å². The third kappa shape index (κ3) is 6.27. The van der Waals surface area contributed by atoms with Gasteiger partial charge >= 0.3 is 0 Å². The second-order valence-electron chi connectivity index (χ2n) is 7.34. The Morgan fingerprint density at radius 2 is 1.06 bits per heavy atom. The third-order valence-corrected chi connectivity index (χ3v) is 7.11. The molecule has 2 N–H and O–H groups in total. The first-order chi connectivity index (χ1) is 15.6. The van der Waals surface area contributed by atoms with E-state index >= 15 is 0 Å². The summed E-state index contributed by atoms with van der Waals surface area (Å²) in [6.45, 7) is 5.24. The van der Waals surface area contributed by atoms with E-state index in [1.807, 2.05) is 13.8 Å². The van der Waals surface area contributed by atoms with E-state index < -0.39 is 20.0 Å². The van der Waals surface area contributed by atoms with Gasteiger partial charge in [0.15, 0.2) is 0 Å². The van der Waals surface area contributed by atoms with Gasteiger partial charge in [-0.2, -0.15) is 36.7 Å². The lowest BCUT2D eigenvalue weighted by molar-refractivity contribution is 0.582. The Hall–Kier alpha value is -3.50. The molecule has 0 saturated carbocycles. The molecule has 0 saturated heterocycles. The summed E-state index contributed by atoms with van der Waals surface area (Å²) >= 11 is 0. The van der Waals surface area contributed by atoms with Crippen LogP contribution < -0.4 is 9.66 Å². The molecule has 0 fully saturated rings. The molecule has 3 aromatic carbocycles. The highest BCUT2D eigenvalue weighted by molar-refractivity contribution is 7.89. The van der Waals surface area contributed by atoms with Crippen molar-refractivity contribution in [1.82, 2.24) is 9.66 Å². The Morgan fingerprint density at radius 3 is 1.52 bits per heavy atom. The van der Waals surface area contributed by atoms with Crippen LogP contribution in [0.4, 0.5) is 0 Å². The minimum absolute atomic E-state index is 0.0546. The van der Waals surface area contributed by atoms with Gasteiger partial charge in [0.2, 0.25) is 0 Å². The molecule has 0 heterocycles. The fraction of sp³-hybridized carbons (Fsp3) is 0.130. The fourth-order valence-corrected chi connectivity index (χ4v) is 4.45. The van der Waals surface area contributed by atoms with Crippen LogP contribution in [-0.2, 0) is 20.0 Å². The SMILES string of the molecule is CC(=N\NS(=O)(=O)c1ccc(C)cc1)/C(=N\NS(=O)(=O)c1ccc(C)cc1)c1ccccc1. The highest BCUT2D eigenvalue weighted by Crippen LogP contribution is 2.12. The molecule has 0 atom stereocenters. The molecule has 0 amide bonds. The van der Waals surface area contributed by atoms with Crippen LogP contribution in [0, 0.1) is 13.8 Å². The summed E-state index contributed by atoms with van der Waals surface area (Å²) in [7, 11) is -7.84. The van der Waals surface area contributed by atoms with Gasteiger partial charge in [0.05, 0.1) is 15.5 Å². The van der Waals surface area contributed by atoms with E-state index in [2.05, 4.69) is 19.9 Å². The molecule has 3 rings (SSSR count). The maximum Gasteiger partial charge on any atom is 0.276 e. The largest absolute Gasteiger partial charge is 0.276 e. The number of hydrazone groups is 2. The molecule has 3 aromatic rings. The second kappa shape index (κ2) is 9.97. The molecule has 0 aliphatic carbocycles. The van der Waals surface area contributed by atoms with Crippen LogP contribution in [0.25, 0.3) is 0 Å². The van der Waals surface area contributed by atoms with Gasteiger partial charge in [-0.25, -0.2) is 0 Å². The first kappa shape index (κ1) is 24.1. The Balaban J connectivity index is 1.92. The zero-order valence-electron chi connectivity index (χ0n) is 18.3. The maximum atomic E-state index is 12.7. The molecular weight excluding hydrogens is 460 g/mol. The number of aryl methyl sites for hydroxylation is 2. The number of hydrogen-bond donors (Lipinski definition) is 2. The van der Waals surface area contributed by atoms with Crippen molar-refractivity contribution in [3.8, 4) is 0 Å². The van der Waals surface area contributed by atoms with Crippen molar-refractivity contribution in [2.24, 2.45) is 10.2 Å². The number of hydrogen-bond acceptors (Lipinski definition) is 6. The van der Waals surface area contributed by atoms with Gasteiger partial charge in [-0.3, -0.25) is 0 Å². The topological polar surface area (TPSA) is 117 Å². The molecule has 10 heteroatoms. The molecule has 172 valence electrons. The summed E-state index contributed by atoms with van der Waals surface area (Å²) in [4.78, 5) is 4.51. The van der Waals surface area contributed by atoms with E-state index in [9.17, 15) is 16.8 Å². The first-order valence-electron chi connectivity index (χ1n) is 9.93.